The van der Waals surface area contributed by atoms with Crippen LogP contribution in [0.2, 0.25) is 0 Å². The number of halogens is 3. The monoisotopic (exact) mass is 366 g/mol. The molecule has 0 aliphatic heterocycles. The molecule has 0 aliphatic carbocycles. The Labute approximate surface area is 149 Å². The van der Waals surface area contributed by atoms with E-state index in [4.69, 9.17) is 0 Å². The van der Waals surface area contributed by atoms with E-state index in [1.54, 1.807) is 18.4 Å². The third-order valence-corrected chi connectivity index (χ3v) is 5.92. The lowest BCUT2D eigenvalue weighted by molar-refractivity contribution is -0.141. The third kappa shape index (κ3) is 3.32. The number of fused-ring (bicyclic) bond motifs is 1. The number of alkyl halides is 3. The number of rotatable bonds is 4. The molecule has 2 aromatic heterocycles. The van der Waals surface area contributed by atoms with Crippen molar-refractivity contribution in [2.24, 2.45) is 7.05 Å². The molecule has 3 rings (SSSR count). The van der Waals surface area contributed by atoms with Gasteiger partial charge in [-0.15, -0.1) is 11.3 Å². The Morgan fingerprint density at radius 2 is 1.84 bits per heavy atom. The van der Waals surface area contributed by atoms with Gasteiger partial charge < -0.3 is 0 Å². The molecule has 2 nitrogen and oxygen atoms in total. The van der Waals surface area contributed by atoms with Gasteiger partial charge in [-0.3, -0.25) is 4.68 Å². The van der Waals surface area contributed by atoms with E-state index in [0.29, 0.717) is 18.5 Å². The van der Waals surface area contributed by atoms with Crippen LogP contribution >= 0.6 is 11.3 Å². The molecule has 0 radical (unpaired) electrons. The van der Waals surface area contributed by atoms with Crippen LogP contribution in [0.4, 0.5) is 13.2 Å². The summed E-state index contributed by atoms with van der Waals surface area (Å²) in [7, 11) is 1.57. The van der Waals surface area contributed by atoms with E-state index < -0.39 is 11.9 Å². The molecule has 0 saturated heterocycles. The van der Waals surface area contributed by atoms with Crippen molar-refractivity contribution in [3.05, 3.63) is 51.2 Å². The van der Waals surface area contributed by atoms with Gasteiger partial charge in [0.05, 0.1) is 0 Å². The van der Waals surface area contributed by atoms with Gasteiger partial charge in [0.25, 0.3) is 0 Å². The Morgan fingerprint density at radius 1 is 1.12 bits per heavy atom. The van der Waals surface area contributed by atoms with Gasteiger partial charge in [-0.05, 0) is 72.2 Å². The van der Waals surface area contributed by atoms with Crippen molar-refractivity contribution in [1.82, 2.24) is 9.78 Å². The van der Waals surface area contributed by atoms with E-state index in [1.807, 2.05) is 0 Å². The molecule has 0 N–H and O–H groups in total. The number of hydrogen-bond donors (Lipinski definition) is 0. The number of nitrogens with zero attached hydrogens (tertiary/aromatic N) is 2. The van der Waals surface area contributed by atoms with Crippen LogP contribution in [0.15, 0.2) is 17.5 Å². The minimum Gasteiger partial charge on any atom is -0.272 e. The summed E-state index contributed by atoms with van der Waals surface area (Å²) >= 11 is 1.76. The second-order valence-corrected chi connectivity index (χ2v) is 7.32. The molecule has 0 unspecified atom stereocenters. The fourth-order valence-electron chi connectivity index (χ4n) is 3.35. The van der Waals surface area contributed by atoms with Crippen LogP contribution in [0.3, 0.4) is 0 Å². The second-order valence-electron chi connectivity index (χ2n) is 6.44. The minimum atomic E-state index is -4.39. The van der Waals surface area contributed by atoms with Crippen molar-refractivity contribution in [2.75, 3.05) is 0 Å². The molecule has 6 heteroatoms. The summed E-state index contributed by atoms with van der Waals surface area (Å²) in [6.07, 6.45) is -2.14. The predicted octanol–water partition coefficient (Wildman–Crippen LogP) is 5.62. The highest BCUT2D eigenvalue weighted by Crippen LogP contribution is 2.34. The van der Waals surface area contributed by atoms with Gasteiger partial charge in [0.1, 0.15) is 0 Å². The molecule has 134 valence electrons. The highest BCUT2D eigenvalue weighted by atomic mass is 32.1. The summed E-state index contributed by atoms with van der Waals surface area (Å²) in [5.74, 6) is 0. The Hall–Kier alpha value is -1.82. The standard InChI is InChI=1S/C19H21F3N2S/c1-5-13-10-25-18-12(3)14(8-11(2)17(13)18)6-7-15-9-16(19(20,21)22)23-24(15)4/h8-10H,5-7H2,1-4H3. The molecule has 0 aliphatic rings. The van der Waals surface area contributed by atoms with Gasteiger partial charge in [0.15, 0.2) is 5.69 Å². The third-order valence-electron chi connectivity index (χ3n) is 4.77. The van der Waals surface area contributed by atoms with Gasteiger partial charge in [-0.2, -0.15) is 18.3 Å². The Bertz CT molecular complexity index is 919. The largest absolute Gasteiger partial charge is 0.435 e. The van der Waals surface area contributed by atoms with Crippen LogP contribution in [-0.2, 0) is 32.5 Å². The van der Waals surface area contributed by atoms with E-state index in [1.165, 1.54) is 37.0 Å². The zero-order chi connectivity index (χ0) is 18.4. The molecule has 0 spiro atoms. The van der Waals surface area contributed by atoms with E-state index in [-0.39, 0.29) is 0 Å². The fourth-order valence-corrected chi connectivity index (χ4v) is 4.61. The number of aromatic nitrogens is 2. The highest BCUT2D eigenvalue weighted by Gasteiger charge is 2.34. The number of aryl methyl sites for hydroxylation is 6. The van der Waals surface area contributed by atoms with Crippen LogP contribution in [-0.4, -0.2) is 9.78 Å². The van der Waals surface area contributed by atoms with Crippen molar-refractivity contribution in [1.29, 1.82) is 0 Å². The molecule has 1 aromatic carbocycles. The summed E-state index contributed by atoms with van der Waals surface area (Å²) in [6, 6.07) is 3.34. The van der Waals surface area contributed by atoms with Crippen molar-refractivity contribution in [2.45, 2.75) is 46.2 Å². The fraction of sp³-hybridized carbons (Fsp3) is 0.421. The van der Waals surface area contributed by atoms with E-state index in [9.17, 15) is 13.2 Å². The SMILES string of the molecule is CCc1csc2c(C)c(CCc3cc(C(F)(F)F)nn3C)cc(C)c12. The van der Waals surface area contributed by atoms with Gasteiger partial charge in [0.2, 0.25) is 0 Å². The Kier molecular flexibility index (Phi) is 4.66. The first-order valence-corrected chi connectivity index (χ1v) is 9.19. The minimum absolute atomic E-state index is 0.539. The lowest BCUT2D eigenvalue weighted by atomic mass is 9.96. The smallest absolute Gasteiger partial charge is 0.272 e. The summed E-state index contributed by atoms with van der Waals surface area (Å²) in [5, 5.41) is 7.15. The lowest BCUT2D eigenvalue weighted by Gasteiger charge is -2.11. The zero-order valence-electron chi connectivity index (χ0n) is 14.8. The number of thiophene rings is 1. The van der Waals surface area contributed by atoms with Gasteiger partial charge in [-0.1, -0.05) is 13.0 Å². The summed E-state index contributed by atoms with van der Waals surface area (Å²) < 4.78 is 41.0. The van der Waals surface area contributed by atoms with Gasteiger partial charge >= 0.3 is 6.18 Å². The molecule has 0 atom stereocenters. The van der Waals surface area contributed by atoms with Gasteiger partial charge in [-0.25, -0.2) is 0 Å². The van der Waals surface area contributed by atoms with E-state index in [2.05, 4.69) is 37.3 Å². The first-order chi connectivity index (χ1) is 11.7. The Morgan fingerprint density at radius 3 is 2.44 bits per heavy atom. The molecule has 2 heterocycles. The summed E-state index contributed by atoms with van der Waals surface area (Å²) in [5.41, 5.74) is 4.83. The first-order valence-electron chi connectivity index (χ1n) is 8.31. The van der Waals surface area contributed by atoms with Crippen molar-refractivity contribution < 1.29 is 13.2 Å². The molecular weight excluding hydrogens is 345 g/mol. The van der Waals surface area contributed by atoms with E-state index in [0.717, 1.165) is 12.5 Å². The maximum Gasteiger partial charge on any atom is 0.435 e. The average Bonchev–Trinajstić information content (AvgIpc) is 3.13. The predicted molar refractivity (Wildman–Crippen MR) is 96.3 cm³/mol. The van der Waals surface area contributed by atoms with E-state index >= 15 is 0 Å². The maximum atomic E-state index is 12.8. The lowest BCUT2D eigenvalue weighted by Crippen LogP contribution is -2.06. The van der Waals surface area contributed by atoms with Crippen molar-refractivity contribution in [3.63, 3.8) is 0 Å². The number of hydrogen-bond acceptors (Lipinski definition) is 2. The molecule has 0 bridgehead atoms. The van der Waals surface area contributed by atoms with Gasteiger partial charge in [0, 0.05) is 17.4 Å². The van der Waals surface area contributed by atoms with Crippen LogP contribution in [0, 0.1) is 13.8 Å². The average molecular weight is 366 g/mol. The summed E-state index contributed by atoms with van der Waals surface area (Å²) in [4.78, 5) is 0. The topological polar surface area (TPSA) is 17.8 Å². The molecule has 0 fully saturated rings. The normalized spacial score (nSPS) is 12.3. The summed E-state index contributed by atoms with van der Waals surface area (Å²) in [6.45, 7) is 6.38. The van der Waals surface area contributed by atoms with Crippen LogP contribution in [0.5, 0.6) is 0 Å². The van der Waals surface area contributed by atoms with Crippen molar-refractivity contribution >= 4 is 21.4 Å². The molecule has 25 heavy (non-hydrogen) atoms. The molecular formula is C19H21F3N2S. The maximum absolute atomic E-state index is 12.8. The van der Waals surface area contributed by atoms with Crippen molar-refractivity contribution in [3.8, 4) is 0 Å². The van der Waals surface area contributed by atoms with Crippen LogP contribution in [0.1, 0.15) is 40.6 Å². The zero-order valence-corrected chi connectivity index (χ0v) is 15.6. The molecule has 0 saturated carbocycles. The van der Waals surface area contributed by atoms with Crippen LogP contribution < -0.4 is 0 Å². The molecule has 0 amide bonds. The second kappa shape index (κ2) is 6.48. The highest BCUT2D eigenvalue weighted by molar-refractivity contribution is 7.17. The first kappa shape index (κ1) is 18.0. The molecule has 3 aromatic rings. The Balaban J connectivity index is 1.89. The quantitative estimate of drug-likeness (QED) is 0.586. The van der Waals surface area contributed by atoms with Crippen LogP contribution in [0.25, 0.3) is 10.1 Å². The number of benzene rings is 1.